The van der Waals surface area contributed by atoms with Gasteiger partial charge >= 0.3 is 6.03 Å². The van der Waals surface area contributed by atoms with E-state index in [1.165, 1.54) is 5.56 Å². The Morgan fingerprint density at radius 2 is 1.83 bits per heavy atom. The lowest BCUT2D eigenvalue weighted by atomic mass is 10.1. The van der Waals surface area contributed by atoms with Crippen molar-refractivity contribution >= 4 is 6.03 Å². The SMILES string of the molecule is CN(C)C(CNC(=O)NCCc1ccccn1)c1ccccc1. The van der Waals surface area contributed by atoms with Gasteiger partial charge in [0.25, 0.3) is 0 Å². The molecule has 0 aliphatic rings. The summed E-state index contributed by atoms with van der Waals surface area (Å²) in [6.45, 7) is 1.13. The van der Waals surface area contributed by atoms with E-state index in [4.69, 9.17) is 0 Å². The zero-order chi connectivity index (χ0) is 16.5. The van der Waals surface area contributed by atoms with Crippen molar-refractivity contribution in [1.82, 2.24) is 20.5 Å². The summed E-state index contributed by atoms with van der Waals surface area (Å²) < 4.78 is 0. The molecule has 2 N–H and O–H groups in total. The van der Waals surface area contributed by atoms with E-state index in [1.807, 2.05) is 50.5 Å². The fraction of sp³-hybridized carbons (Fsp3) is 0.333. The Labute approximate surface area is 137 Å². The summed E-state index contributed by atoms with van der Waals surface area (Å²) in [5, 5.41) is 5.81. The van der Waals surface area contributed by atoms with Crippen LogP contribution in [0.5, 0.6) is 0 Å². The van der Waals surface area contributed by atoms with Crippen LogP contribution in [-0.2, 0) is 6.42 Å². The maximum atomic E-state index is 11.9. The number of aromatic nitrogens is 1. The fourth-order valence-electron chi connectivity index (χ4n) is 2.38. The van der Waals surface area contributed by atoms with Gasteiger partial charge in [0, 0.05) is 31.4 Å². The third kappa shape index (κ3) is 5.71. The van der Waals surface area contributed by atoms with Crippen molar-refractivity contribution in [2.24, 2.45) is 0 Å². The summed E-state index contributed by atoms with van der Waals surface area (Å²) in [5.41, 5.74) is 2.16. The molecule has 5 nitrogen and oxygen atoms in total. The van der Waals surface area contributed by atoms with Gasteiger partial charge in [-0.2, -0.15) is 0 Å². The number of nitrogens with zero attached hydrogens (tertiary/aromatic N) is 2. The van der Waals surface area contributed by atoms with Crippen molar-refractivity contribution in [2.45, 2.75) is 12.5 Å². The highest BCUT2D eigenvalue weighted by Gasteiger charge is 2.14. The molecule has 1 heterocycles. The van der Waals surface area contributed by atoms with E-state index in [0.29, 0.717) is 13.1 Å². The molecule has 2 rings (SSSR count). The highest BCUT2D eigenvalue weighted by Crippen LogP contribution is 2.16. The number of nitrogens with one attached hydrogen (secondary N) is 2. The Morgan fingerprint density at radius 1 is 1.09 bits per heavy atom. The number of carbonyl (C=O) groups is 1. The molecule has 0 spiro atoms. The van der Waals surface area contributed by atoms with Crippen molar-refractivity contribution in [3.05, 3.63) is 66.0 Å². The molecule has 122 valence electrons. The Hall–Kier alpha value is -2.40. The van der Waals surface area contributed by atoms with Gasteiger partial charge in [0.1, 0.15) is 0 Å². The summed E-state index contributed by atoms with van der Waals surface area (Å²) in [6, 6.07) is 16.0. The summed E-state index contributed by atoms with van der Waals surface area (Å²) in [4.78, 5) is 18.3. The van der Waals surface area contributed by atoms with Gasteiger partial charge in [-0.05, 0) is 31.8 Å². The molecule has 2 amide bonds. The second-order valence-electron chi connectivity index (χ2n) is 5.60. The Morgan fingerprint density at radius 3 is 2.48 bits per heavy atom. The lowest BCUT2D eigenvalue weighted by Crippen LogP contribution is -2.41. The first-order valence-electron chi connectivity index (χ1n) is 7.80. The number of urea groups is 1. The largest absolute Gasteiger partial charge is 0.338 e. The van der Waals surface area contributed by atoms with Crippen LogP contribution in [0.4, 0.5) is 4.79 Å². The second kappa shape index (κ2) is 8.90. The molecule has 0 bridgehead atoms. The zero-order valence-electron chi connectivity index (χ0n) is 13.7. The van der Waals surface area contributed by atoms with Gasteiger partial charge in [0.05, 0.1) is 6.04 Å². The van der Waals surface area contributed by atoms with Crippen LogP contribution in [0.3, 0.4) is 0 Å². The molecule has 23 heavy (non-hydrogen) atoms. The van der Waals surface area contributed by atoms with Crippen LogP contribution in [0.25, 0.3) is 0 Å². The van der Waals surface area contributed by atoms with Crippen molar-refractivity contribution in [3.8, 4) is 0 Å². The molecular weight excluding hydrogens is 288 g/mol. The van der Waals surface area contributed by atoms with Gasteiger partial charge < -0.3 is 15.5 Å². The van der Waals surface area contributed by atoms with Crippen molar-refractivity contribution in [1.29, 1.82) is 0 Å². The van der Waals surface area contributed by atoms with Crippen molar-refractivity contribution in [2.75, 3.05) is 27.2 Å². The second-order valence-corrected chi connectivity index (χ2v) is 5.60. The lowest BCUT2D eigenvalue weighted by Gasteiger charge is -2.25. The van der Waals surface area contributed by atoms with Crippen LogP contribution in [0.15, 0.2) is 54.7 Å². The summed E-state index contributed by atoms with van der Waals surface area (Å²) in [7, 11) is 4.02. The van der Waals surface area contributed by atoms with Gasteiger partial charge in [-0.3, -0.25) is 4.98 Å². The number of benzene rings is 1. The maximum Gasteiger partial charge on any atom is 0.314 e. The summed E-state index contributed by atoms with van der Waals surface area (Å²) in [5.74, 6) is 0. The van der Waals surface area contributed by atoms with Crippen LogP contribution in [0.2, 0.25) is 0 Å². The van der Waals surface area contributed by atoms with Gasteiger partial charge in [-0.1, -0.05) is 36.4 Å². The molecule has 0 aliphatic carbocycles. The standard InChI is InChI=1S/C18H24N4O/c1-22(2)17(15-8-4-3-5-9-15)14-21-18(23)20-13-11-16-10-6-7-12-19-16/h3-10,12,17H,11,13-14H2,1-2H3,(H2,20,21,23). The highest BCUT2D eigenvalue weighted by molar-refractivity contribution is 5.73. The van der Waals surface area contributed by atoms with Gasteiger partial charge in [-0.15, -0.1) is 0 Å². The fourth-order valence-corrected chi connectivity index (χ4v) is 2.38. The van der Waals surface area contributed by atoms with E-state index in [9.17, 15) is 4.79 Å². The van der Waals surface area contributed by atoms with E-state index in [2.05, 4.69) is 32.7 Å². The van der Waals surface area contributed by atoms with Gasteiger partial charge in [-0.25, -0.2) is 4.79 Å². The molecule has 1 atom stereocenters. The Balaban J connectivity index is 1.76. The lowest BCUT2D eigenvalue weighted by molar-refractivity contribution is 0.233. The topological polar surface area (TPSA) is 57.3 Å². The molecule has 5 heteroatoms. The number of rotatable bonds is 7. The van der Waals surface area contributed by atoms with E-state index >= 15 is 0 Å². The number of pyridine rings is 1. The van der Waals surface area contributed by atoms with Crippen LogP contribution in [0, 0.1) is 0 Å². The first-order chi connectivity index (χ1) is 11.2. The van der Waals surface area contributed by atoms with E-state index < -0.39 is 0 Å². The minimum atomic E-state index is -0.149. The molecule has 0 aliphatic heterocycles. The maximum absolute atomic E-state index is 11.9. The van der Waals surface area contributed by atoms with Crippen LogP contribution < -0.4 is 10.6 Å². The zero-order valence-corrected chi connectivity index (χ0v) is 13.7. The first kappa shape index (κ1) is 17.0. The number of hydrogen-bond acceptors (Lipinski definition) is 3. The number of likely N-dealkylation sites (N-methyl/N-ethyl adjacent to an activating group) is 1. The Bertz CT molecular complexity index is 586. The predicted octanol–water partition coefficient (Wildman–Crippen LogP) is 2.23. The first-order valence-corrected chi connectivity index (χ1v) is 7.80. The molecular formula is C18H24N4O. The third-order valence-electron chi connectivity index (χ3n) is 3.66. The monoisotopic (exact) mass is 312 g/mol. The molecule has 0 fully saturated rings. The molecule has 0 saturated carbocycles. The predicted molar refractivity (Wildman–Crippen MR) is 92.2 cm³/mol. The van der Waals surface area contributed by atoms with Gasteiger partial charge in [0.2, 0.25) is 0 Å². The number of amides is 2. The summed E-state index contributed by atoms with van der Waals surface area (Å²) in [6.07, 6.45) is 2.49. The highest BCUT2D eigenvalue weighted by atomic mass is 16.2. The Kier molecular flexibility index (Phi) is 6.56. The molecule has 1 aromatic heterocycles. The van der Waals surface area contributed by atoms with Gasteiger partial charge in [0.15, 0.2) is 0 Å². The van der Waals surface area contributed by atoms with Crippen LogP contribution in [-0.4, -0.2) is 43.1 Å². The average Bonchev–Trinajstić information content (AvgIpc) is 2.57. The smallest absolute Gasteiger partial charge is 0.314 e. The van der Waals surface area contributed by atoms with E-state index in [1.54, 1.807) is 6.20 Å². The molecule has 2 aromatic rings. The van der Waals surface area contributed by atoms with Crippen molar-refractivity contribution < 1.29 is 4.79 Å². The number of hydrogen-bond donors (Lipinski definition) is 2. The number of carbonyl (C=O) groups excluding carboxylic acids is 1. The minimum absolute atomic E-state index is 0.149. The van der Waals surface area contributed by atoms with E-state index in [-0.39, 0.29) is 12.1 Å². The minimum Gasteiger partial charge on any atom is -0.338 e. The van der Waals surface area contributed by atoms with Crippen LogP contribution in [0.1, 0.15) is 17.3 Å². The van der Waals surface area contributed by atoms with Crippen molar-refractivity contribution in [3.63, 3.8) is 0 Å². The van der Waals surface area contributed by atoms with Crippen LogP contribution >= 0.6 is 0 Å². The van der Waals surface area contributed by atoms with E-state index in [0.717, 1.165) is 12.1 Å². The summed E-state index contributed by atoms with van der Waals surface area (Å²) >= 11 is 0. The molecule has 1 unspecified atom stereocenters. The molecule has 0 radical (unpaired) electrons. The molecule has 0 saturated heterocycles. The normalized spacial score (nSPS) is 12.0. The molecule has 1 aromatic carbocycles. The third-order valence-corrected chi connectivity index (χ3v) is 3.66. The quantitative estimate of drug-likeness (QED) is 0.824. The average molecular weight is 312 g/mol.